The van der Waals surface area contributed by atoms with Crippen molar-refractivity contribution in [3.63, 3.8) is 0 Å². The summed E-state index contributed by atoms with van der Waals surface area (Å²) in [5.74, 6) is 0. The summed E-state index contributed by atoms with van der Waals surface area (Å²) in [4.78, 5) is 0. The van der Waals surface area contributed by atoms with Gasteiger partial charge in [-0.15, -0.1) is 0 Å². The molecule has 2 heterocycles. The quantitative estimate of drug-likeness (QED) is 0.739. The molecule has 1 fully saturated rings. The summed E-state index contributed by atoms with van der Waals surface area (Å²) < 4.78 is 50.3. The second kappa shape index (κ2) is 6.19. The standard InChI is InChI=1S/C17H19F3OS/c18-17(19,20)14-4-1-3-12(9-14)7-8-13-10-15-5-2-6-16(11-13)22(15)21/h1,3-4,9-10,15-16H,2,5-8,11H2. The lowest BCUT2D eigenvalue weighted by Crippen LogP contribution is -2.34. The van der Waals surface area contributed by atoms with Gasteiger partial charge in [0.1, 0.15) is 0 Å². The zero-order valence-corrected chi connectivity index (χ0v) is 13.1. The van der Waals surface area contributed by atoms with Gasteiger partial charge in [0, 0.05) is 16.0 Å². The van der Waals surface area contributed by atoms with Crippen molar-refractivity contribution in [3.05, 3.63) is 47.0 Å². The van der Waals surface area contributed by atoms with E-state index in [0.29, 0.717) is 12.0 Å². The van der Waals surface area contributed by atoms with Gasteiger partial charge in [0.25, 0.3) is 0 Å². The molecule has 2 bridgehead atoms. The lowest BCUT2D eigenvalue weighted by atomic mass is 9.93. The van der Waals surface area contributed by atoms with Crippen molar-refractivity contribution in [3.8, 4) is 0 Å². The smallest absolute Gasteiger partial charge is 0.259 e. The third kappa shape index (κ3) is 3.45. The molecule has 2 aliphatic heterocycles. The first kappa shape index (κ1) is 15.8. The van der Waals surface area contributed by atoms with Crippen LogP contribution in [0.4, 0.5) is 13.2 Å². The van der Waals surface area contributed by atoms with Crippen LogP contribution in [0.25, 0.3) is 0 Å². The molecule has 22 heavy (non-hydrogen) atoms. The van der Waals surface area contributed by atoms with E-state index in [2.05, 4.69) is 6.08 Å². The highest BCUT2D eigenvalue weighted by molar-refractivity contribution is 7.86. The van der Waals surface area contributed by atoms with Gasteiger partial charge in [-0.05, 0) is 43.7 Å². The van der Waals surface area contributed by atoms with Crippen LogP contribution in [0.2, 0.25) is 0 Å². The molecular formula is C17H19F3OS. The third-order valence-electron chi connectivity index (χ3n) is 4.54. The molecule has 0 aromatic heterocycles. The van der Waals surface area contributed by atoms with Gasteiger partial charge in [0.15, 0.2) is 0 Å². The van der Waals surface area contributed by atoms with E-state index in [4.69, 9.17) is 0 Å². The van der Waals surface area contributed by atoms with Crippen molar-refractivity contribution in [2.75, 3.05) is 0 Å². The first-order valence-corrected chi connectivity index (χ1v) is 8.96. The van der Waals surface area contributed by atoms with E-state index in [0.717, 1.165) is 38.2 Å². The molecule has 3 atom stereocenters. The number of hydrogen-bond acceptors (Lipinski definition) is 1. The number of hydrogen-bond donors (Lipinski definition) is 0. The molecule has 3 unspecified atom stereocenters. The van der Waals surface area contributed by atoms with Crippen molar-refractivity contribution >= 4 is 10.8 Å². The number of allylic oxidation sites excluding steroid dienone is 1. The normalized spacial score (nSPS) is 28.3. The van der Waals surface area contributed by atoms with Gasteiger partial charge in [0.2, 0.25) is 0 Å². The van der Waals surface area contributed by atoms with Gasteiger partial charge in [-0.3, -0.25) is 4.21 Å². The Bertz CT molecular complexity index is 606. The molecule has 0 spiro atoms. The first-order valence-electron chi connectivity index (χ1n) is 7.68. The molecule has 0 saturated carbocycles. The number of fused-ring (bicyclic) bond motifs is 2. The molecular weight excluding hydrogens is 309 g/mol. The Morgan fingerprint density at radius 2 is 2.00 bits per heavy atom. The maximum Gasteiger partial charge on any atom is 0.416 e. The zero-order chi connectivity index (χ0) is 15.7. The van der Waals surface area contributed by atoms with E-state index in [1.54, 1.807) is 6.07 Å². The van der Waals surface area contributed by atoms with Gasteiger partial charge in [0.05, 0.1) is 10.8 Å². The molecule has 120 valence electrons. The average Bonchev–Trinajstić information content (AvgIpc) is 2.45. The average molecular weight is 328 g/mol. The van der Waals surface area contributed by atoms with Crippen LogP contribution in [-0.4, -0.2) is 14.7 Å². The Kier molecular flexibility index (Phi) is 4.44. The second-order valence-electron chi connectivity index (χ2n) is 6.15. The lowest BCUT2D eigenvalue weighted by Gasteiger charge is -2.32. The molecule has 1 aromatic rings. The van der Waals surface area contributed by atoms with E-state index in [1.807, 2.05) is 0 Å². The topological polar surface area (TPSA) is 17.1 Å². The van der Waals surface area contributed by atoms with Gasteiger partial charge in [-0.25, -0.2) is 0 Å². The Morgan fingerprint density at radius 1 is 1.18 bits per heavy atom. The van der Waals surface area contributed by atoms with E-state index >= 15 is 0 Å². The minimum Gasteiger partial charge on any atom is -0.259 e. The van der Waals surface area contributed by atoms with Crippen molar-refractivity contribution in [2.24, 2.45) is 0 Å². The van der Waals surface area contributed by atoms with Crippen LogP contribution in [0.3, 0.4) is 0 Å². The van der Waals surface area contributed by atoms with Gasteiger partial charge in [-0.1, -0.05) is 36.3 Å². The summed E-state index contributed by atoms with van der Waals surface area (Å²) in [7, 11) is -0.745. The van der Waals surface area contributed by atoms with Crippen LogP contribution in [-0.2, 0) is 23.4 Å². The maximum atomic E-state index is 12.7. The lowest BCUT2D eigenvalue weighted by molar-refractivity contribution is -0.137. The molecule has 0 N–H and O–H groups in total. The van der Waals surface area contributed by atoms with Gasteiger partial charge >= 0.3 is 6.18 Å². The summed E-state index contributed by atoms with van der Waals surface area (Å²) in [5, 5.41) is 0.435. The van der Waals surface area contributed by atoms with E-state index in [1.165, 1.54) is 17.7 Å². The summed E-state index contributed by atoms with van der Waals surface area (Å²) in [6.45, 7) is 0. The number of alkyl halides is 3. The predicted octanol–water partition coefficient (Wildman–Crippen LogP) is 4.64. The fraction of sp³-hybridized carbons (Fsp3) is 0.529. The Labute approximate surface area is 131 Å². The SMILES string of the molecule is O=S1C2C=C(CCc3cccc(C(F)(F)F)c3)CC1CCC2. The fourth-order valence-corrected chi connectivity index (χ4v) is 5.37. The maximum absolute atomic E-state index is 12.7. The summed E-state index contributed by atoms with van der Waals surface area (Å²) in [5.41, 5.74) is 1.40. The van der Waals surface area contributed by atoms with E-state index in [-0.39, 0.29) is 10.5 Å². The van der Waals surface area contributed by atoms with Crippen LogP contribution >= 0.6 is 0 Å². The Hall–Kier alpha value is -1.10. The zero-order valence-electron chi connectivity index (χ0n) is 12.2. The van der Waals surface area contributed by atoms with Crippen LogP contribution in [0.1, 0.15) is 43.2 Å². The van der Waals surface area contributed by atoms with Crippen LogP contribution < -0.4 is 0 Å². The number of rotatable bonds is 3. The Balaban J connectivity index is 1.67. The van der Waals surface area contributed by atoms with Gasteiger partial charge in [-0.2, -0.15) is 13.2 Å². The molecule has 0 radical (unpaired) electrons. The highest BCUT2D eigenvalue weighted by atomic mass is 32.2. The third-order valence-corrected chi connectivity index (χ3v) is 6.57. The van der Waals surface area contributed by atoms with Crippen molar-refractivity contribution < 1.29 is 17.4 Å². The van der Waals surface area contributed by atoms with Crippen molar-refractivity contribution in [1.82, 2.24) is 0 Å². The Morgan fingerprint density at radius 3 is 2.73 bits per heavy atom. The molecule has 0 aliphatic carbocycles. The molecule has 5 heteroatoms. The van der Waals surface area contributed by atoms with Crippen LogP contribution in [0.5, 0.6) is 0 Å². The summed E-state index contributed by atoms with van der Waals surface area (Å²) in [6, 6.07) is 5.56. The fourth-order valence-electron chi connectivity index (χ4n) is 3.38. The molecule has 0 amide bonds. The first-order chi connectivity index (χ1) is 10.4. The number of benzene rings is 1. The van der Waals surface area contributed by atoms with Crippen LogP contribution in [0, 0.1) is 0 Å². The van der Waals surface area contributed by atoms with Gasteiger partial charge < -0.3 is 0 Å². The molecule has 1 nitrogen and oxygen atoms in total. The molecule has 1 aromatic carbocycles. The monoisotopic (exact) mass is 328 g/mol. The second-order valence-corrected chi connectivity index (χ2v) is 8.08. The largest absolute Gasteiger partial charge is 0.416 e. The highest BCUT2D eigenvalue weighted by Crippen LogP contribution is 2.35. The summed E-state index contributed by atoms with van der Waals surface area (Å²) in [6.07, 6.45) is 3.21. The van der Waals surface area contributed by atoms with Crippen LogP contribution in [0.15, 0.2) is 35.9 Å². The summed E-state index contributed by atoms with van der Waals surface area (Å²) >= 11 is 0. The minimum atomic E-state index is -4.28. The van der Waals surface area contributed by atoms with E-state index < -0.39 is 22.5 Å². The molecule has 1 saturated heterocycles. The number of halogens is 3. The minimum absolute atomic E-state index is 0.170. The molecule has 2 aliphatic rings. The van der Waals surface area contributed by atoms with E-state index in [9.17, 15) is 17.4 Å². The number of aryl methyl sites for hydroxylation is 1. The highest BCUT2D eigenvalue weighted by Gasteiger charge is 2.33. The van der Waals surface area contributed by atoms with Crippen molar-refractivity contribution in [2.45, 2.75) is 55.2 Å². The molecule has 3 rings (SSSR count). The van der Waals surface area contributed by atoms with Crippen molar-refractivity contribution in [1.29, 1.82) is 0 Å². The predicted molar refractivity (Wildman–Crippen MR) is 82.0 cm³/mol.